The van der Waals surface area contributed by atoms with Crippen LogP contribution < -0.4 is 5.32 Å². The molecule has 0 amide bonds. The Balaban J connectivity index is 0.000000750. The first-order valence-electron chi connectivity index (χ1n) is 4.20. The van der Waals surface area contributed by atoms with Gasteiger partial charge in [-0.2, -0.15) is 0 Å². The number of fused-ring (bicyclic) bond motifs is 3. The molecule has 0 aliphatic carbocycles. The quantitative estimate of drug-likeness (QED) is 0.594. The van der Waals surface area contributed by atoms with E-state index in [1.54, 1.807) is 0 Å². The summed E-state index contributed by atoms with van der Waals surface area (Å²) in [6.45, 7) is 0. The van der Waals surface area contributed by atoms with E-state index >= 15 is 0 Å². The summed E-state index contributed by atoms with van der Waals surface area (Å²) in [5.41, 5.74) is 3.16. The van der Waals surface area contributed by atoms with Crippen LogP contribution in [-0.2, 0) is 0 Å². The van der Waals surface area contributed by atoms with Gasteiger partial charge in [0.2, 0.25) is 0 Å². The van der Waals surface area contributed by atoms with Crippen LogP contribution in [0.25, 0.3) is 17.0 Å². The highest BCUT2D eigenvalue weighted by molar-refractivity contribution is 5.95. The Hall–Kier alpha value is -1.83. The van der Waals surface area contributed by atoms with Crippen molar-refractivity contribution in [2.75, 3.05) is 0 Å². The Labute approximate surface area is 77.4 Å². The van der Waals surface area contributed by atoms with E-state index in [1.165, 1.54) is 0 Å². The van der Waals surface area contributed by atoms with Gasteiger partial charge in [0.1, 0.15) is 0 Å². The molecular formula is C11H8N2+. The van der Waals surface area contributed by atoms with Crippen molar-refractivity contribution in [3.63, 3.8) is 0 Å². The molecule has 1 aliphatic heterocycles. The maximum absolute atomic E-state index is 4.34. The number of aromatic nitrogens is 1. The molecule has 0 unspecified atom stereocenters. The second-order valence-corrected chi connectivity index (χ2v) is 3.02. The van der Waals surface area contributed by atoms with Gasteiger partial charge in [0.25, 0.3) is 0 Å². The number of pyridine rings is 1. The molecule has 1 aromatic carbocycles. The Bertz CT molecular complexity index is 506. The third kappa shape index (κ3) is 0.855. The van der Waals surface area contributed by atoms with E-state index in [9.17, 15) is 0 Å². The molecule has 0 saturated carbocycles. The normalized spacial score (nSPS) is 12.9. The summed E-state index contributed by atoms with van der Waals surface area (Å²) in [6.07, 6.45) is 5.66. The summed E-state index contributed by atoms with van der Waals surface area (Å²) in [6, 6.07) is 8.06. The lowest BCUT2D eigenvalue weighted by Crippen LogP contribution is -1.86. The zero-order valence-corrected chi connectivity index (χ0v) is 6.94. The van der Waals surface area contributed by atoms with Crippen molar-refractivity contribution in [2.45, 2.75) is 0 Å². The Morgan fingerprint density at radius 3 is 3.08 bits per heavy atom. The minimum Gasteiger partial charge on any atom is -0.255 e. The lowest BCUT2D eigenvalue weighted by molar-refractivity contribution is 1.22. The third-order valence-electron chi connectivity index (χ3n) is 2.23. The first kappa shape index (κ1) is 6.66. The summed E-state index contributed by atoms with van der Waals surface area (Å²) < 4.78 is 0. The molecular weight excluding hydrogens is 160 g/mol. The molecule has 1 aliphatic rings. The van der Waals surface area contributed by atoms with Crippen LogP contribution in [0.2, 0.25) is 0 Å². The summed E-state index contributed by atoms with van der Waals surface area (Å²) in [5.74, 6) is 0. The summed E-state index contributed by atoms with van der Waals surface area (Å²) in [5, 5.41) is 5.44. The van der Waals surface area contributed by atoms with Crippen molar-refractivity contribution in [3.8, 4) is 0 Å². The van der Waals surface area contributed by atoms with Crippen LogP contribution in [0, 0.1) is 0 Å². The third-order valence-corrected chi connectivity index (χ3v) is 2.23. The minimum atomic E-state index is 0. The van der Waals surface area contributed by atoms with Gasteiger partial charge in [-0.1, -0.05) is 18.2 Å². The van der Waals surface area contributed by atoms with Gasteiger partial charge in [-0.15, -0.1) is 0 Å². The summed E-state index contributed by atoms with van der Waals surface area (Å²) in [4.78, 5) is 4.34. The molecule has 2 nitrogen and oxygen atoms in total. The first-order chi connectivity index (χ1) is 6.45. The second kappa shape index (κ2) is 2.33. The fourth-order valence-corrected chi connectivity index (χ4v) is 1.60. The minimum absolute atomic E-state index is 0. The largest absolute Gasteiger partial charge is 1.00 e. The van der Waals surface area contributed by atoms with E-state index in [0.717, 1.165) is 22.2 Å². The highest BCUT2D eigenvalue weighted by atomic mass is 14.9. The summed E-state index contributed by atoms with van der Waals surface area (Å²) >= 11 is 0. The zero-order chi connectivity index (χ0) is 8.67. The highest BCUT2D eigenvalue weighted by Crippen LogP contribution is 2.29. The standard InChI is InChI=1S/C11H7N2/c1-2-4-10-9(3-1)11-8(7-13-10)5-6-12-11/h1-7H/p+1. The van der Waals surface area contributed by atoms with E-state index in [-0.39, 0.29) is 1.43 Å². The van der Waals surface area contributed by atoms with Gasteiger partial charge in [-0.05, 0) is 12.1 Å². The van der Waals surface area contributed by atoms with Crippen molar-refractivity contribution in [1.29, 1.82) is 0 Å². The molecule has 2 heterocycles. The maximum Gasteiger partial charge on any atom is 1.00 e. The molecule has 0 fully saturated rings. The van der Waals surface area contributed by atoms with E-state index in [0.29, 0.717) is 0 Å². The molecule has 2 heteroatoms. The van der Waals surface area contributed by atoms with Gasteiger partial charge in [-0.3, -0.25) is 10.3 Å². The van der Waals surface area contributed by atoms with Crippen LogP contribution in [0.1, 0.15) is 6.99 Å². The molecule has 0 saturated heterocycles. The predicted molar refractivity (Wildman–Crippen MR) is 53.7 cm³/mol. The van der Waals surface area contributed by atoms with E-state index in [4.69, 9.17) is 0 Å². The van der Waals surface area contributed by atoms with Crippen LogP contribution in [-0.4, -0.2) is 4.98 Å². The molecule has 1 aromatic heterocycles. The molecule has 0 spiro atoms. The lowest BCUT2D eigenvalue weighted by atomic mass is 10.1. The topological polar surface area (TPSA) is 27.0 Å². The molecule has 1 radical (unpaired) electrons. The summed E-state index contributed by atoms with van der Waals surface area (Å²) in [7, 11) is 0. The van der Waals surface area contributed by atoms with Crippen molar-refractivity contribution < 1.29 is 1.43 Å². The van der Waals surface area contributed by atoms with Gasteiger partial charge >= 0.3 is 1.43 Å². The van der Waals surface area contributed by atoms with Crippen molar-refractivity contribution >= 4 is 22.7 Å². The second-order valence-electron chi connectivity index (χ2n) is 3.02. The molecule has 0 N–H and O–H groups in total. The van der Waals surface area contributed by atoms with Crippen LogP contribution in [0.15, 0.2) is 36.7 Å². The van der Waals surface area contributed by atoms with Crippen LogP contribution >= 0.6 is 0 Å². The monoisotopic (exact) mass is 168 g/mol. The molecule has 13 heavy (non-hydrogen) atoms. The molecule has 2 aromatic rings. The van der Waals surface area contributed by atoms with Gasteiger partial charge < -0.3 is 0 Å². The number of hydrogen-bond acceptors (Lipinski definition) is 1. The number of benzene rings is 1. The SMILES string of the molecule is C1=Cc2cnc3ccccc3c2[N]1.[H+]. The van der Waals surface area contributed by atoms with Gasteiger partial charge in [0.05, 0.1) is 11.2 Å². The fraction of sp³-hybridized carbons (Fsp3) is 0. The molecule has 3 rings (SSSR count). The average molecular weight is 168 g/mol. The van der Waals surface area contributed by atoms with Crippen LogP contribution in [0.5, 0.6) is 0 Å². The van der Waals surface area contributed by atoms with Crippen LogP contribution in [0.4, 0.5) is 5.69 Å². The Morgan fingerprint density at radius 2 is 2.08 bits per heavy atom. The molecule has 61 valence electrons. The Morgan fingerprint density at radius 1 is 1.15 bits per heavy atom. The molecule has 0 bridgehead atoms. The Kier molecular flexibility index (Phi) is 1.19. The zero-order valence-electron chi connectivity index (χ0n) is 7.94. The average Bonchev–Trinajstić information content (AvgIpc) is 2.65. The van der Waals surface area contributed by atoms with E-state index in [2.05, 4.69) is 16.4 Å². The number of rotatable bonds is 0. The van der Waals surface area contributed by atoms with Gasteiger partial charge in [0.15, 0.2) is 0 Å². The number of nitrogens with zero attached hydrogens (tertiary/aromatic N) is 2. The maximum atomic E-state index is 4.34. The van der Waals surface area contributed by atoms with Crippen LogP contribution in [0.3, 0.4) is 0 Å². The first-order valence-corrected chi connectivity index (χ1v) is 4.20. The predicted octanol–water partition coefficient (Wildman–Crippen LogP) is 2.57. The molecule has 0 atom stereocenters. The fourth-order valence-electron chi connectivity index (χ4n) is 1.60. The smallest absolute Gasteiger partial charge is 0.255 e. The van der Waals surface area contributed by atoms with Crippen molar-refractivity contribution in [2.24, 2.45) is 0 Å². The van der Waals surface area contributed by atoms with E-state index < -0.39 is 0 Å². The van der Waals surface area contributed by atoms with Crippen molar-refractivity contribution in [3.05, 3.63) is 42.2 Å². The highest BCUT2D eigenvalue weighted by Gasteiger charge is 2.09. The lowest BCUT2D eigenvalue weighted by Gasteiger charge is -2.02. The van der Waals surface area contributed by atoms with E-state index in [1.807, 2.05) is 36.7 Å². The number of para-hydroxylation sites is 1. The van der Waals surface area contributed by atoms with Crippen molar-refractivity contribution in [1.82, 2.24) is 10.3 Å². The van der Waals surface area contributed by atoms with Gasteiger partial charge in [-0.25, -0.2) is 0 Å². The number of hydrogen-bond donors (Lipinski definition) is 0. The van der Waals surface area contributed by atoms with Gasteiger partial charge in [0, 0.05) is 23.3 Å².